The minimum Gasteiger partial charge on any atom is -0.497 e. The molecule has 1 fully saturated rings. The summed E-state index contributed by atoms with van der Waals surface area (Å²) in [7, 11) is -2.08. The van der Waals surface area contributed by atoms with Crippen LogP contribution in [0.25, 0.3) is 10.8 Å². The number of hydrogen-bond donors (Lipinski definition) is 0. The standard InChI is InChI=1S/C29H37N3O4S/c1-21(2)32(22(3)4)20-23-6-8-25(9-7-23)29(33)30-14-16-31(17-15-30)37(34,35)28-13-11-24-10-12-27(36-5)18-26(24)19-28/h6-13,18-19,21-22H,14-17,20H2,1-5H3. The molecule has 1 aliphatic rings. The highest BCUT2D eigenvalue weighted by atomic mass is 32.2. The van der Waals surface area contributed by atoms with Crippen molar-refractivity contribution in [2.45, 2.75) is 51.2 Å². The van der Waals surface area contributed by atoms with Crippen molar-refractivity contribution in [3.63, 3.8) is 0 Å². The maximum atomic E-state index is 13.3. The van der Waals surface area contributed by atoms with Crippen molar-refractivity contribution >= 4 is 26.7 Å². The quantitative estimate of drug-likeness (QED) is 0.431. The minimum atomic E-state index is -3.67. The maximum Gasteiger partial charge on any atom is 0.253 e. The van der Waals surface area contributed by atoms with E-state index in [1.165, 1.54) is 9.87 Å². The average molecular weight is 524 g/mol. The van der Waals surface area contributed by atoms with Crippen LogP contribution in [0.4, 0.5) is 0 Å². The number of sulfonamides is 1. The lowest BCUT2D eigenvalue weighted by molar-refractivity contribution is 0.0698. The van der Waals surface area contributed by atoms with Gasteiger partial charge in [-0.3, -0.25) is 9.69 Å². The van der Waals surface area contributed by atoms with Crippen LogP contribution in [0.1, 0.15) is 43.6 Å². The lowest BCUT2D eigenvalue weighted by Crippen LogP contribution is -2.50. The van der Waals surface area contributed by atoms with Gasteiger partial charge in [-0.05, 0) is 80.4 Å². The molecule has 0 radical (unpaired) electrons. The number of methoxy groups -OCH3 is 1. The van der Waals surface area contributed by atoms with Crippen LogP contribution >= 0.6 is 0 Å². The number of nitrogens with zero attached hydrogens (tertiary/aromatic N) is 3. The number of benzene rings is 3. The minimum absolute atomic E-state index is 0.0639. The van der Waals surface area contributed by atoms with Gasteiger partial charge in [-0.15, -0.1) is 0 Å². The summed E-state index contributed by atoms with van der Waals surface area (Å²) in [6.07, 6.45) is 0. The number of rotatable bonds is 8. The Labute approximate surface area is 220 Å². The monoisotopic (exact) mass is 523 g/mol. The van der Waals surface area contributed by atoms with Crippen molar-refractivity contribution in [3.8, 4) is 5.75 Å². The molecule has 1 amide bonds. The molecule has 0 atom stereocenters. The van der Waals surface area contributed by atoms with Gasteiger partial charge in [0.25, 0.3) is 5.91 Å². The summed E-state index contributed by atoms with van der Waals surface area (Å²) in [6, 6.07) is 19.4. The summed E-state index contributed by atoms with van der Waals surface area (Å²) in [6.45, 7) is 10.8. The number of hydrogen-bond acceptors (Lipinski definition) is 5. The van der Waals surface area contributed by atoms with Gasteiger partial charge in [-0.1, -0.05) is 24.3 Å². The second kappa shape index (κ2) is 11.2. The van der Waals surface area contributed by atoms with Crippen molar-refractivity contribution in [2.24, 2.45) is 0 Å². The zero-order chi connectivity index (χ0) is 26.7. The van der Waals surface area contributed by atoms with Crippen LogP contribution in [0.3, 0.4) is 0 Å². The van der Waals surface area contributed by atoms with Gasteiger partial charge in [0, 0.05) is 50.4 Å². The lowest BCUT2D eigenvalue weighted by atomic mass is 10.1. The Kier molecular flexibility index (Phi) is 8.21. The van der Waals surface area contributed by atoms with E-state index in [1.807, 2.05) is 48.5 Å². The molecule has 3 aromatic rings. The maximum absolute atomic E-state index is 13.3. The third kappa shape index (κ3) is 5.98. The van der Waals surface area contributed by atoms with E-state index >= 15 is 0 Å². The number of ether oxygens (including phenoxy) is 1. The first-order valence-electron chi connectivity index (χ1n) is 12.8. The molecular formula is C29H37N3O4S. The fraction of sp³-hybridized carbons (Fsp3) is 0.414. The molecule has 0 N–H and O–H groups in total. The summed E-state index contributed by atoms with van der Waals surface area (Å²) in [5.41, 5.74) is 1.80. The molecule has 1 heterocycles. The molecular weight excluding hydrogens is 486 g/mol. The van der Waals surface area contributed by atoms with E-state index in [0.29, 0.717) is 36.5 Å². The molecule has 4 rings (SSSR count). The summed E-state index contributed by atoms with van der Waals surface area (Å²) < 4.78 is 33.4. The van der Waals surface area contributed by atoms with E-state index in [0.717, 1.165) is 17.3 Å². The normalized spacial score (nSPS) is 15.2. The van der Waals surface area contributed by atoms with E-state index in [-0.39, 0.29) is 23.9 Å². The van der Waals surface area contributed by atoms with Gasteiger partial charge in [-0.25, -0.2) is 8.42 Å². The zero-order valence-corrected chi connectivity index (χ0v) is 23.2. The van der Waals surface area contributed by atoms with Crippen LogP contribution in [-0.4, -0.2) is 73.8 Å². The van der Waals surface area contributed by atoms with E-state index in [1.54, 1.807) is 24.1 Å². The second-order valence-electron chi connectivity index (χ2n) is 10.1. The van der Waals surface area contributed by atoms with Crippen LogP contribution in [-0.2, 0) is 16.6 Å². The van der Waals surface area contributed by atoms with Gasteiger partial charge in [0.15, 0.2) is 0 Å². The molecule has 3 aromatic carbocycles. The molecule has 0 saturated carbocycles. The number of amides is 1. The Balaban J connectivity index is 1.40. The molecule has 1 aliphatic heterocycles. The fourth-order valence-electron chi connectivity index (χ4n) is 4.88. The van der Waals surface area contributed by atoms with Crippen molar-refractivity contribution < 1.29 is 17.9 Å². The first-order chi connectivity index (χ1) is 17.6. The summed E-state index contributed by atoms with van der Waals surface area (Å²) in [4.78, 5) is 17.5. The Bertz CT molecular complexity index is 1340. The largest absolute Gasteiger partial charge is 0.497 e. The summed E-state index contributed by atoms with van der Waals surface area (Å²) in [5.74, 6) is 0.616. The fourth-order valence-corrected chi connectivity index (χ4v) is 6.34. The van der Waals surface area contributed by atoms with Crippen molar-refractivity contribution in [3.05, 3.63) is 71.8 Å². The van der Waals surface area contributed by atoms with Gasteiger partial charge in [-0.2, -0.15) is 4.31 Å². The topological polar surface area (TPSA) is 70.2 Å². The summed E-state index contributed by atoms with van der Waals surface area (Å²) in [5, 5.41) is 1.75. The highest BCUT2D eigenvalue weighted by molar-refractivity contribution is 7.89. The molecule has 1 saturated heterocycles. The third-order valence-corrected chi connectivity index (χ3v) is 8.97. The molecule has 0 aliphatic carbocycles. The SMILES string of the molecule is COc1ccc2ccc(S(=O)(=O)N3CCN(C(=O)c4ccc(CN(C(C)C)C(C)C)cc4)CC3)cc2c1. The van der Waals surface area contributed by atoms with Crippen LogP contribution in [0.15, 0.2) is 65.6 Å². The number of piperazine rings is 1. The first-order valence-corrected chi connectivity index (χ1v) is 14.3. The van der Waals surface area contributed by atoms with Gasteiger partial charge >= 0.3 is 0 Å². The second-order valence-corrected chi connectivity index (χ2v) is 12.1. The van der Waals surface area contributed by atoms with E-state index < -0.39 is 10.0 Å². The molecule has 37 heavy (non-hydrogen) atoms. The Morgan fingerprint density at radius 2 is 1.49 bits per heavy atom. The molecule has 0 unspecified atom stereocenters. The van der Waals surface area contributed by atoms with E-state index in [2.05, 4.69) is 32.6 Å². The van der Waals surface area contributed by atoms with Gasteiger partial charge in [0.1, 0.15) is 5.75 Å². The van der Waals surface area contributed by atoms with Crippen LogP contribution in [0.5, 0.6) is 5.75 Å². The molecule has 0 spiro atoms. The highest BCUT2D eigenvalue weighted by Gasteiger charge is 2.30. The summed E-state index contributed by atoms with van der Waals surface area (Å²) >= 11 is 0. The molecule has 198 valence electrons. The van der Waals surface area contributed by atoms with Gasteiger partial charge < -0.3 is 9.64 Å². The molecule has 8 heteroatoms. The predicted octanol–water partition coefficient (Wildman–Crippen LogP) is 4.61. The number of carbonyl (C=O) groups excluding carboxylic acids is 1. The Hall–Kier alpha value is -2.94. The van der Waals surface area contributed by atoms with Crippen LogP contribution in [0.2, 0.25) is 0 Å². The van der Waals surface area contributed by atoms with E-state index in [9.17, 15) is 13.2 Å². The molecule has 7 nitrogen and oxygen atoms in total. The van der Waals surface area contributed by atoms with Gasteiger partial charge in [0.05, 0.1) is 12.0 Å². The van der Waals surface area contributed by atoms with Crippen molar-refractivity contribution in [2.75, 3.05) is 33.3 Å². The number of fused-ring (bicyclic) bond motifs is 1. The Morgan fingerprint density at radius 3 is 2.08 bits per heavy atom. The zero-order valence-electron chi connectivity index (χ0n) is 22.3. The Morgan fingerprint density at radius 1 is 0.865 bits per heavy atom. The predicted molar refractivity (Wildman–Crippen MR) is 147 cm³/mol. The highest BCUT2D eigenvalue weighted by Crippen LogP contribution is 2.26. The van der Waals surface area contributed by atoms with Crippen LogP contribution < -0.4 is 4.74 Å². The lowest BCUT2D eigenvalue weighted by Gasteiger charge is -2.34. The van der Waals surface area contributed by atoms with E-state index in [4.69, 9.17) is 4.74 Å². The van der Waals surface area contributed by atoms with Crippen molar-refractivity contribution in [1.82, 2.24) is 14.1 Å². The first kappa shape index (κ1) is 27.1. The third-order valence-electron chi connectivity index (χ3n) is 7.08. The molecule has 0 aromatic heterocycles. The average Bonchev–Trinajstić information content (AvgIpc) is 2.90. The van der Waals surface area contributed by atoms with Gasteiger partial charge in [0.2, 0.25) is 10.0 Å². The number of carbonyl (C=O) groups is 1. The van der Waals surface area contributed by atoms with Crippen LogP contribution in [0, 0.1) is 0 Å². The molecule has 0 bridgehead atoms. The van der Waals surface area contributed by atoms with Crippen molar-refractivity contribution in [1.29, 1.82) is 0 Å². The smallest absolute Gasteiger partial charge is 0.253 e.